The van der Waals surface area contributed by atoms with Crippen LogP contribution in [-0.4, -0.2) is 12.0 Å². The number of carbonyl (C=O) groups is 1. The van der Waals surface area contributed by atoms with E-state index in [4.69, 9.17) is 4.74 Å². The summed E-state index contributed by atoms with van der Waals surface area (Å²) in [6, 6.07) is 12.6. The first-order valence-electron chi connectivity index (χ1n) is 9.59. The Balaban J connectivity index is 1.63. The Kier molecular flexibility index (Phi) is 5.65. The van der Waals surface area contributed by atoms with Gasteiger partial charge in [0.1, 0.15) is 5.75 Å². The highest BCUT2D eigenvalue weighted by molar-refractivity contribution is 5.81. The number of hydrogen-bond donors (Lipinski definition) is 1. The minimum absolute atomic E-state index is 0.0278. The molecule has 0 aromatic heterocycles. The smallest absolute Gasteiger partial charge is 0.261 e. The van der Waals surface area contributed by atoms with Crippen LogP contribution in [0.2, 0.25) is 0 Å². The summed E-state index contributed by atoms with van der Waals surface area (Å²) in [6.07, 6.45) is 4.34. The van der Waals surface area contributed by atoms with Gasteiger partial charge in [0.15, 0.2) is 6.10 Å². The van der Waals surface area contributed by atoms with Gasteiger partial charge in [0.2, 0.25) is 0 Å². The number of amides is 1. The van der Waals surface area contributed by atoms with Crippen LogP contribution in [0.1, 0.15) is 60.5 Å². The van der Waals surface area contributed by atoms with Crippen molar-refractivity contribution in [1.29, 1.82) is 0 Å². The summed E-state index contributed by atoms with van der Waals surface area (Å²) in [5.41, 5.74) is 6.34. The van der Waals surface area contributed by atoms with Crippen LogP contribution in [0, 0.1) is 13.8 Å². The van der Waals surface area contributed by atoms with Gasteiger partial charge in [-0.15, -0.1) is 0 Å². The van der Waals surface area contributed by atoms with Gasteiger partial charge in [-0.05, 0) is 93.3 Å². The maximum Gasteiger partial charge on any atom is 0.261 e. The van der Waals surface area contributed by atoms with Gasteiger partial charge in [-0.3, -0.25) is 4.79 Å². The zero-order chi connectivity index (χ0) is 18.7. The molecular formula is C23H29NO2. The molecular weight excluding hydrogens is 322 g/mol. The van der Waals surface area contributed by atoms with Crippen LogP contribution in [0.25, 0.3) is 0 Å². The SMILES string of the molecule is Cc1cc(C)cc(O[C@H](C)C(=O)N[C@H](C)c2ccc3c(c2)CCCC3)c1. The van der Waals surface area contributed by atoms with Gasteiger partial charge in [0, 0.05) is 0 Å². The lowest BCUT2D eigenvalue weighted by Crippen LogP contribution is -2.37. The fourth-order valence-electron chi connectivity index (χ4n) is 3.70. The summed E-state index contributed by atoms with van der Waals surface area (Å²) in [5, 5.41) is 3.09. The maximum atomic E-state index is 12.6. The molecule has 0 saturated carbocycles. The first kappa shape index (κ1) is 18.5. The second-order valence-electron chi connectivity index (χ2n) is 7.55. The molecule has 26 heavy (non-hydrogen) atoms. The Morgan fingerprint density at radius 2 is 1.62 bits per heavy atom. The van der Waals surface area contributed by atoms with E-state index in [1.165, 1.54) is 30.4 Å². The van der Waals surface area contributed by atoms with Gasteiger partial charge in [0.25, 0.3) is 5.91 Å². The third-order valence-corrected chi connectivity index (χ3v) is 5.11. The van der Waals surface area contributed by atoms with Crippen molar-refractivity contribution in [3.63, 3.8) is 0 Å². The van der Waals surface area contributed by atoms with Crippen molar-refractivity contribution in [3.05, 3.63) is 64.2 Å². The molecule has 2 aromatic carbocycles. The highest BCUT2D eigenvalue weighted by Crippen LogP contribution is 2.25. The highest BCUT2D eigenvalue weighted by atomic mass is 16.5. The molecule has 0 radical (unpaired) electrons. The van der Waals surface area contributed by atoms with E-state index in [1.54, 1.807) is 6.92 Å². The number of benzene rings is 2. The third kappa shape index (κ3) is 4.46. The van der Waals surface area contributed by atoms with E-state index in [0.29, 0.717) is 0 Å². The normalized spacial score (nSPS) is 15.7. The van der Waals surface area contributed by atoms with Gasteiger partial charge in [-0.25, -0.2) is 0 Å². The molecule has 0 bridgehead atoms. The molecule has 1 amide bonds. The quantitative estimate of drug-likeness (QED) is 0.838. The van der Waals surface area contributed by atoms with Crippen molar-refractivity contribution >= 4 is 5.91 Å². The van der Waals surface area contributed by atoms with Crippen LogP contribution in [0.5, 0.6) is 5.75 Å². The Morgan fingerprint density at radius 3 is 2.31 bits per heavy atom. The summed E-state index contributed by atoms with van der Waals surface area (Å²) in [4.78, 5) is 12.6. The van der Waals surface area contributed by atoms with E-state index in [9.17, 15) is 4.79 Å². The van der Waals surface area contributed by atoms with Crippen LogP contribution in [-0.2, 0) is 17.6 Å². The van der Waals surface area contributed by atoms with Gasteiger partial charge in [0.05, 0.1) is 6.04 Å². The van der Waals surface area contributed by atoms with Crippen molar-refractivity contribution in [2.75, 3.05) is 0 Å². The van der Waals surface area contributed by atoms with E-state index in [0.717, 1.165) is 28.9 Å². The molecule has 1 aliphatic rings. The number of rotatable bonds is 5. The van der Waals surface area contributed by atoms with Gasteiger partial charge in [-0.2, -0.15) is 0 Å². The average molecular weight is 351 g/mol. The molecule has 3 nitrogen and oxygen atoms in total. The number of fused-ring (bicyclic) bond motifs is 1. The molecule has 1 aliphatic carbocycles. The van der Waals surface area contributed by atoms with Crippen molar-refractivity contribution in [3.8, 4) is 5.75 Å². The number of carbonyl (C=O) groups excluding carboxylic acids is 1. The van der Waals surface area contributed by atoms with Crippen molar-refractivity contribution in [1.82, 2.24) is 5.32 Å². The summed E-state index contributed by atoms with van der Waals surface area (Å²) in [7, 11) is 0. The molecule has 138 valence electrons. The van der Waals surface area contributed by atoms with E-state index in [-0.39, 0.29) is 11.9 Å². The van der Waals surface area contributed by atoms with Crippen LogP contribution in [0.15, 0.2) is 36.4 Å². The molecule has 0 fully saturated rings. The Labute approximate surface area is 156 Å². The van der Waals surface area contributed by atoms with Crippen molar-refractivity contribution < 1.29 is 9.53 Å². The van der Waals surface area contributed by atoms with E-state index >= 15 is 0 Å². The summed E-state index contributed by atoms with van der Waals surface area (Å²) < 4.78 is 5.85. The Bertz CT molecular complexity index is 777. The topological polar surface area (TPSA) is 38.3 Å². The van der Waals surface area contributed by atoms with Crippen molar-refractivity contribution in [2.24, 2.45) is 0 Å². The predicted molar refractivity (Wildman–Crippen MR) is 106 cm³/mol. The molecule has 2 atom stereocenters. The van der Waals surface area contributed by atoms with Crippen LogP contribution < -0.4 is 10.1 Å². The molecule has 3 heteroatoms. The summed E-state index contributed by atoms with van der Waals surface area (Å²) >= 11 is 0. The average Bonchev–Trinajstić information content (AvgIpc) is 2.60. The zero-order valence-electron chi connectivity index (χ0n) is 16.3. The van der Waals surface area contributed by atoms with Crippen molar-refractivity contribution in [2.45, 2.75) is 65.5 Å². The minimum atomic E-state index is -0.531. The lowest BCUT2D eigenvalue weighted by atomic mass is 9.89. The summed E-state index contributed by atoms with van der Waals surface area (Å²) in [5.74, 6) is 0.654. The first-order chi connectivity index (χ1) is 12.4. The van der Waals surface area contributed by atoms with Gasteiger partial charge < -0.3 is 10.1 Å². The maximum absolute atomic E-state index is 12.6. The monoisotopic (exact) mass is 351 g/mol. The molecule has 0 heterocycles. The number of nitrogens with one attached hydrogen (secondary N) is 1. The third-order valence-electron chi connectivity index (χ3n) is 5.11. The molecule has 0 unspecified atom stereocenters. The number of ether oxygens (including phenoxy) is 1. The molecule has 3 rings (SSSR count). The Morgan fingerprint density at radius 1 is 0.962 bits per heavy atom. The number of aryl methyl sites for hydroxylation is 4. The van der Waals surface area contributed by atoms with Crippen LogP contribution in [0.4, 0.5) is 0 Å². The molecule has 2 aromatic rings. The van der Waals surface area contributed by atoms with Crippen LogP contribution >= 0.6 is 0 Å². The molecule has 0 spiro atoms. The summed E-state index contributed by atoms with van der Waals surface area (Å²) in [6.45, 7) is 7.89. The second-order valence-corrected chi connectivity index (χ2v) is 7.55. The van der Waals surface area contributed by atoms with E-state index in [1.807, 2.05) is 32.9 Å². The van der Waals surface area contributed by atoms with Gasteiger partial charge >= 0.3 is 0 Å². The zero-order valence-corrected chi connectivity index (χ0v) is 16.3. The minimum Gasteiger partial charge on any atom is -0.481 e. The largest absolute Gasteiger partial charge is 0.481 e. The molecule has 1 N–H and O–H groups in total. The van der Waals surface area contributed by atoms with Crippen LogP contribution in [0.3, 0.4) is 0 Å². The standard InChI is InChI=1S/C23H29NO2/c1-15-11-16(2)13-22(12-15)26-18(4)23(25)24-17(3)20-10-9-19-7-5-6-8-21(19)14-20/h9-14,17-18H,5-8H2,1-4H3,(H,24,25)/t17-,18-/m1/s1. The first-order valence-corrected chi connectivity index (χ1v) is 9.59. The highest BCUT2D eigenvalue weighted by Gasteiger charge is 2.19. The lowest BCUT2D eigenvalue weighted by molar-refractivity contribution is -0.127. The van der Waals surface area contributed by atoms with Gasteiger partial charge in [-0.1, -0.05) is 24.3 Å². The number of hydrogen-bond acceptors (Lipinski definition) is 2. The molecule has 0 aliphatic heterocycles. The molecule has 0 saturated heterocycles. The predicted octanol–water partition coefficient (Wildman–Crippen LogP) is 4.83. The van der Waals surface area contributed by atoms with E-state index < -0.39 is 6.10 Å². The fourth-order valence-corrected chi connectivity index (χ4v) is 3.70. The fraction of sp³-hybridized carbons (Fsp3) is 0.435. The second kappa shape index (κ2) is 7.94. The van der Waals surface area contributed by atoms with E-state index in [2.05, 4.69) is 29.6 Å². The Hall–Kier alpha value is -2.29. The lowest BCUT2D eigenvalue weighted by Gasteiger charge is -2.22.